The van der Waals surface area contributed by atoms with Gasteiger partial charge in [-0.05, 0) is 12.5 Å². The lowest BCUT2D eigenvalue weighted by atomic mass is 10.1. The van der Waals surface area contributed by atoms with Gasteiger partial charge in [0.2, 0.25) is 5.43 Å². The number of benzene rings is 1. The summed E-state index contributed by atoms with van der Waals surface area (Å²) in [4.78, 5) is 25.5. The first-order valence-corrected chi connectivity index (χ1v) is 7.14. The molecule has 1 aromatic carbocycles. The van der Waals surface area contributed by atoms with Gasteiger partial charge >= 0.3 is 5.97 Å². The summed E-state index contributed by atoms with van der Waals surface area (Å²) >= 11 is 0. The number of aryl methyl sites for hydroxylation is 1. The van der Waals surface area contributed by atoms with Crippen molar-refractivity contribution in [3.8, 4) is 0 Å². The summed E-state index contributed by atoms with van der Waals surface area (Å²) in [6, 6.07) is 0.967. The van der Waals surface area contributed by atoms with Crippen molar-refractivity contribution in [2.45, 2.75) is 19.9 Å². The van der Waals surface area contributed by atoms with Crippen LogP contribution in [-0.4, -0.2) is 31.7 Å². The van der Waals surface area contributed by atoms with Crippen molar-refractivity contribution in [1.82, 2.24) is 4.57 Å². The lowest BCUT2D eigenvalue weighted by Gasteiger charge is -2.19. The van der Waals surface area contributed by atoms with Crippen molar-refractivity contribution in [1.29, 1.82) is 0 Å². The van der Waals surface area contributed by atoms with E-state index in [9.17, 15) is 18.4 Å². The van der Waals surface area contributed by atoms with Crippen LogP contribution in [0.5, 0.6) is 0 Å². The van der Waals surface area contributed by atoms with Crippen molar-refractivity contribution < 1.29 is 18.3 Å². The fraction of sp³-hybridized carbons (Fsp3) is 0.375. The highest BCUT2D eigenvalue weighted by Gasteiger charge is 2.23. The molecule has 0 fully saturated rings. The molecule has 0 radical (unpaired) electrons. The highest BCUT2D eigenvalue weighted by Crippen LogP contribution is 2.28. The van der Waals surface area contributed by atoms with E-state index in [0.29, 0.717) is 13.0 Å². The molecule has 0 N–H and O–H groups in total. The maximum Gasteiger partial charge on any atom is 0.343 e. The minimum atomic E-state index is -0.859. The van der Waals surface area contributed by atoms with Crippen LogP contribution in [0.2, 0.25) is 0 Å². The number of pyridine rings is 1. The number of methoxy groups -OCH3 is 1. The third-order valence-corrected chi connectivity index (χ3v) is 3.55. The molecule has 23 heavy (non-hydrogen) atoms. The number of carbonyl (C=O) groups excluding carboxylic acids is 1. The maximum absolute atomic E-state index is 14.8. The minimum absolute atomic E-state index is 0.0189. The van der Waals surface area contributed by atoms with Crippen molar-refractivity contribution in [2.24, 2.45) is 0 Å². The smallest absolute Gasteiger partial charge is 0.343 e. The van der Waals surface area contributed by atoms with E-state index in [0.717, 1.165) is 13.2 Å². The number of hydrogen-bond donors (Lipinski definition) is 0. The Bertz CT molecular complexity index is 828. The molecular formula is C16H18F2N2O3. The largest absolute Gasteiger partial charge is 0.465 e. The molecule has 0 atom stereocenters. The molecule has 0 aliphatic rings. The van der Waals surface area contributed by atoms with Crippen molar-refractivity contribution in [2.75, 3.05) is 26.1 Å². The van der Waals surface area contributed by atoms with E-state index in [4.69, 9.17) is 0 Å². The maximum atomic E-state index is 14.8. The van der Waals surface area contributed by atoms with Gasteiger partial charge in [0.1, 0.15) is 17.1 Å². The van der Waals surface area contributed by atoms with E-state index < -0.39 is 23.0 Å². The molecule has 0 aliphatic carbocycles. The molecule has 1 aromatic heterocycles. The highest BCUT2D eigenvalue weighted by atomic mass is 19.1. The number of aromatic nitrogens is 1. The first kappa shape index (κ1) is 16.9. The van der Waals surface area contributed by atoms with E-state index >= 15 is 0 Å². The second-order valence-electron chi connectivity index (χ2n) is 5.37. The number of halogens is 2. The SMILES string of the molecule is CCCn1cc(C(=O)OC)c(=O)c2cc(F)c(N(C)C)c(F)c21. The van der Waals surface area contributed by atoms with Crippen LogP contribution in [-0.2, 0) is 11.3 Å². The average molecular weight is 324 g/mol. The third kappa shape index (κ3) is 2.78. The molecule has 0 unspecified atom stereocenters. The van der Waals surface area contributed by atoms with Gasteiger partial charge in [-0.25, -0.2) is 13.6 Å². The summed E-state index contributed by atoms with van der Waals surface area (Å²) in [5, 5.41) is -0.179. The van der Waals surface area contributed by atoms with Gasteiger partial charge < -0.3 is 14.2 Å². The average Bonchev–Trinajstić information content (AvgIpc) is 2.48. The quantitative estimate of drug-likeness (QED) is 0.811. The second kappa shape index (κ2) is 6.36. The Morgan fingerprint density at radius 3 is 2.52 bits per heavy atom. The van der Waals surface area contributed by atoms with Gasteiger partial charge in [0.25, 0.3) is 0 Å². The zero-order valence-corrected chi connectivity index (χ0v) is 13.4. The first-order valence-electron chi connectivity index (χ1n) is 7.14. The number of anilines is 1. The molecule has 0 saturated heterocycles. The van der Waals surface area contributed by atoms with Crippen molar-refractivity contribution >= 4 is 22.6 Å². The summed E-state index contributed by atoms with van der Waals surface area (Å²) in [5.74, 6) is -2.52. The van der Waals surface area contributed by atoms with Gasteiger partial charge in [0.15, 0.2) is 5.82 Å². The number of ether oxygens (including phenoxy) is 1. The second-order valence-corrected chi connectivity index (χ2v) is 5.37. The topological polar surface area (TPSA) is 51.5 Å². The fourth-order valence-corrected chi connectivity index (χ4v) is 2.56. The molecule has 0 amide bonds. The van der Waals surface area contributed by atoms with Crippen LogP contribution in [0.1, 0.15) is 23.7 Å². The molecule has 7 heteroatoms. The predicted octanol–water partition coefficient (Wildman–Crippen LogP) is 2.54. The molecule has 0 spiro atoms. The first-order chi connectivity index (χ1) is 10.8. The highest BCUT2D eigenvalue weighted by molar-refractivity contribution is 5.94. The van der Waals surface area contributed by atoms with Crippen LogP contribution in [0.15, 0.2) is 17.1 Å². The Morgan fingerprint density at radius 2 is 2.00 bits per heavy atom. The van der Waals surface area contributed by atoms with Crippen LogP contribution < -0.4 is 10.3 Å². The summed E-state index contributed by atoms with van der Waals surface area (Å²) in [6.07, 6.45) is 1.91. The van der Waals surface area contributed by atoms with Gasteiger partial charge in [0, 0.05) is 26.8 Å². The normalized spacial score (nSPS) is 10.9. The summed E-state index contributed by atoms with van der Waals surface area (Å²) < 4.78 is 35.0. The molecule has 124 valence electrons. The number of hydrogen-bond acceptors (Lipinski definition) is 4. The van der Waals surface area contributed by atoms with E-state index in [2.05, 4.69) is 4.74 Å². The van der Waals surface area contributed by atoms with E-state index in [1.165, 1.54) is 29.8 Å². The lowest BCUT2D eigenvalue weighted by Crippen LogP contribution is -2.22. The fourth-order valence-electron chi connectivity index (χ4n) is 2.56. The van der Waals surface area contributed by atoms with E-state index in [1.54, 1.807) is 0 Å². The Hall–Kier alpha value is -2.44. The lowest BCUT2D eigenvalue weighted by molar-refractivity contribution is 0.0598. The number of rotatable bonds is 4. The zero-order valence-electron chi connectivity index (χ0n) is 13.4. The Labute approximate surface area is 132 Å². The molecule has 0 saturated carbocycles. The predicted molar refractivity (Wildman–Crippen MR) is 84.1 cm³/mol. The molecule has 0 aliphatic heterocycles. The Kier molecular flexibility index (Phi) is 4.68. The summed E-state index contributed by atoms with van der Waals surface area (Å²) in [5.41, 5.74) is -1.24. The van der Waals surface area contributed by atoms with Crippen LogP contribution >= 0.6 is 0 Å². The van der Waals surface area contributed by atoms with Gasteiger partial charge in [-0.3, -0.25) is 4.79 Å². The van der Waals surface area contributed by atoms with Crippen molar-refractivity contribution in [3.63, 3.8) is 0 Å². The van der Waals surface area contributed by atoms with E-state index in [-0.39, 0.29) is 22.2 Å². The molecule has 2 rings (SSSR count). The summed E-state index contributed by atoms with van der Waals surface area (Å²) in [7, 11) is 4.17. The van der Waals surface area contributed by atoms with Crippen LogP contribution in [0, 0.1) is 11.6 Å². The number of fused-ring (bicyclic) bond motifs is 1. The number of carbonyl (C=O) groups is 1. The van der Waals surface area contributed by atoms with Crippen LogP contribution in [0.4, 0.5) is 14.5 Å². The monoisotopic (exact) mass is 324 g/mol. The molecule has 1 heterocycles. The van der Waals surface area contributed by atoms with Gasteiger partial charge in [-0.15, -0.1) is 0 Å². The number of nitrogens with zero attached hydrogens (tertiary/aromatic N) is 2. The minimum Gasteiger partial charge on any atom is -0.465 e. The Balaban J connectivity index is 2.98. The number of esters is 1. The summed E-state index contributed by atoms with van der Waals surface area (Å²) in [6.45, 7) is 2.24. The van der Waals surface area contributed by atoms with Crippen molar-refractivity contribution in [3.05, 3.63) is 39.7 Å². The van der Waals surface area contributed by atoms with Crippen LogP contribution in [0.3, 0.4) is 0 Å². The van der Waals surface area contributed by atoms with Gasteiger partial charge in [-0.1, -0.05) is 6.92 Å². The molecule has 0 bridgehead atoms. The van der Waals surface area contributed by atoms with Crippen LogP contribution in [0.25, 0.3) is 10.9 Å². The molecule has 5 nitrogen and oxygen atoms in total. The standard InChI is InChI=1S/C16H18F2N2O3/c1-5-6-20-8-10(16(22)23-4)15(21)9-7-11(17)14(19(2)3)12(18)13(9)20/h7-8H,5-6H2,1-4H3. The Morgan fingerprint density at radius 1 is 1.35 bits per heavy atom. The molecular weight excluding hydrogens is 306 g/mol. The molecule has 2 aromatic rings. The van der Waals surface area contributed by atoms with Gasteiger partial charge in [-0.2, -0.15) is 0 Å². The third-order valence-electron chi connectivity index (χ3n) is 3.55. The zero-order chi connectivity index (χ0) is 17.3. The van der Waals surface area contributed by atoms with E-state index in [1.807, 2.05) is 6.92 Å². The van der Waals surface area contributed by atoms with Gasteiger partial charge in [0.05, 0.1) is 18.0 Å².